The van der Waals surface area contributed by atoms with Crippen LogP contribution in [0, 0.1) is 23.7 Å². The van der Waals surface area contributed by atoms with Crippen LogP contribution in [0.1, 0.15) is 37.9 Å². The number of fused-ring (bicyclic) bond motifs is 4. The topological polar surface area (TPSA) is 113 Å². The zero-order valence-electron chi connectivity index (χ0n) is 17.9. The fraction of sp³-hybridized carbons (Fsp3) is 0.458. The van der Waals surface area contributed by atoms with E-state index in [1.807, 2.05) is 31.2 Å². The quantitative estimate of drug-likeness (QED) is 0.691. The minimum absolute atomic E-state index is 0.148. The summed E-state index contributed by atoms with van der Waals surface area (Å²) in [5, 5.41) is 23.4. The Bertz CT molecular complexity index is 1130. The molecule has 2 aromatic carbocycles. The Hall–Kier alpha value is -2.97. The van der Waals surface area contributed by atoms with Gasteiger partial charge in [-0.15, -0.1) is 0 Å². The molecule has 0 bridgehead atoms. The molecule has 0 spiro atoms. The zero-order valence-corrected chi connectivity index (χ0v) is 17.9. The van der Waals surface area contributed by atoms with E-state index < -0.39 is 47.6 Å². The number of aromatic hydroxyl groups is 1. The summed E-state index contributed by atoms with van der Waals surface area (Å²) in [6, 6.07) is 10.7. The second kappa shape index (κ2) is 7.28. The van der Waals surface area contributed by atoms with Gasteiger partial charge in [-0.3, -0.25) is 9.59 Å². The lowest BCUT2D eigenvalue weighted by molar-refractivity contribution is -0.269. The summed E-state index contributed by atoms with van der Waals surface area (Å²) in [5.41, 5.74) is 0.800. The summed E-state index contributed by atoms with van der Waals surface area (Å²) in [6.07, 6.45) is -0.394. The summed E-state index contributed by atoms with van der Waals surface area (Å²) in [4.78, 5) is 38.7. The first-order valence-corrected chi connectivity index (χ1v) is 10.9. The molecule has 168 valence electrons. The maximum Gasteiger partial charge on any atom is 0.423 e. The zero-order chi connectivity index (χ0) is 22.8. The summed E-state index contributed by atoms with van der Waals surface area (Å²) in [5.74, 6) is -5.18. The second-order valence-electron chi connectivity index (χ2n) is 8.88. The maximum absolute atomic E-state index is 13.1. The molecule has 2 N–H and O–H groups in total. The molecule has 0 unspecified atom stereocenters. The number of ether oxygens (including phenoxy) is 2. The first kappa shape index (κ1) is 20.9. The molecule has 1 saturated carbocycles. The van der Waals surface area contributed by atoms with E-state index in [0.717, 1.165) is 18.1 Å². The van der Waals surface area contributed by atoms with Crippen molar-refractivity contribution < 1.29 is 34.1 Å². The Morgan fingerprint density at radius 1 is 1.16 bits per heavy atom. The molecule has 5 rings (SSSR count). The molecule has 0 radical (unpaired) electrons. The number of carbonyl (C=O) groups excluding carboxylic acids is 3. The monoisotopic (exact) mass is 439 g/mol. The van der Waals surface area contributed by atoms with Gasteiger partial charge in [-0.05, 0) is 36.3 Å². The van der Waals surface area contributed by atoms with E-state index >= 15 is 0 Å². The van der Waals surface area contributed by atoms with Crippen molar-refractivity contribution in [3.8, 4) is 5.75 Å². The molecule has 1 aliphatic carbocycles. The normalized spacial score (nSPS) is 34.0. The summed E-state index contributed by atoms with van der Waals surface area (Å²) in [6.45, 7) is 1.91. The van der Waals surface area contributed by atoms with Crippen molar-refractivity contribution in [2.75, 3.05) is 7.11 Å². The predicted octanol–water partition coefficient (Wildman–Crippen LogP) is 3.11. The van der Waals surface area contributed by atoms with Crippen molar-refractivity contribution in [2.45, 2.75) is 38.1 Å². The number of rotatable bonds is 2. The molecule has 2 heterocycles. The largest absolute Gasteiger partial charge is 0.507 e. The molecule has 2 saturated heterocycles. The number of phenols is 1. The number of benzene rings is 2. The predicted molar refractivity (Wildman–Crippen MR) is 112 cm³/mol. The molecule has 2 aromatic rings. The van der Waals surface area contributed by atoms with Crippen LogP contribution >= 0.6 is 0 Å². The number of phenolic OH excluding ortho intramolecular Hbond substituents is 1. The number of amides is 3. The van der Waals surface area contributed by atoms with Crippen molar-refractivity contribution >= 4 is 28.7 Å². The first-order valence-electron chi connectivity index (χ1n) is 10.9. The SMILES string of the molecule is CC[C@H]1C[C@@H]2C(=O)N(C(=O)OC)C(=O)[C@@H]2[C@@H]2C[C@@H](c3ccc(O)c4ccccc34)O[C@]12O. The Balaban J connectivity index is 1.57. The molecule has 6 atom stereocenters. The third kappa shape index (κ3) is 2.72. The molecule has 3 fully saturated rings. The van der Waals surface area contributed by atoms with Crippen LogP contribution in [0.2, 0.25) is 0 Å². The highest BCUT2D eigenvalue weighted by Gasteiger charge is 2.67. The molecule has 8 nitrogen and oxygen atoms in total. The molecule has 2 aliphatic heterocycles. The van der Waals surface area contributed by atoms with Gasteiger partial charge in [0.15, 0.2) is 5.79 Å². The maximum atomic E-state index is 13.1. The van der Waals surface area contributed by atoms with Crippen LogP contribution in [0.5, 0.6) is 5.75 Å². The number of hydrogen-bond acceptors (Lipinski definition) is 7. The van der Waals surface area contributed by atoms with Crippen molar-refractivity contribution in [2.24, 2.45) is 23.7 Å². The van der Waals surface area contributed by atoms with E-state index in [1.165, 1.54) is 0 Å². The van der Waals surface area contributed by atoms with E-state index in [-0.39, 0.29) is 18.1 Å². The molecule has 0 aromatic heterocycles. The van der Waals surface area contributed by atoms with E-state index in [1.54, 1.807) is 12.1 Å². The number of likely N-dealkylation sites (tertiary alicyclic amines) is 1. The Morgan fingerprint density at radius 3 is 2.56 bits per heavy atom. The van der Waals surface area contributed by atoms with E-state index in [4.69, 9.17) is 4.74 Å². The summed E-state index contributed by atoms with van der Waals surface area (Å²) in [7, 11) is 1.13. The van der Waals surface area contributed by atoms with Gasteiger partial charge in [-0.2, -0.15) is 4.90 Å². The minimum Gasteiger partial charge on any atom is -0.507 e. The average molecular weight is 439 g/mol. The first-order chi connectivity index (χ1) is 15.3. The highest BCUT2D eigenvalue weighted by Crippen LogP contribution is 2.59. The van der Waals surface area contributed by atoms with Crippen LogP contribution in [-0.4, -0.2) is 45.9 Å². The Morgan fingerprint density at radius 2 is 1.88 bits per heavy atom. The average Bonchev–Trinajstić information content (AvgIpc) is 3.27. The molecule has 8 heteroatoms. The number of nitrogens with zero attached hydrogens (tertiary/aromatic N) is 1. The van der Waals surface area contributed by atoms with Gasteiger partial charge < -0.3 is 19.7 Å². The second-order valence-corrected chi connectivity index (χ2v) is 8.88. The molecular formula is C24H25NO7. The highest BCUT2D eigenvalue weighted by molar-refractivity contribution is 6.15. The molecule has 3 aliphatic rings. The van der Waals surface area contributed by atoms with Crippen LogP contribution in [-0.2, 0) is 19.1 Å². The van der Waals surface area contributed by atoms with Gasteiger partial charge in [-0.1, -0.05) is 37.3 Å². The van der Waals surface area contributed by atoms with Gasteiger partial charge in [0.1, 0.15) is 5.75 Å². The molecule has 3 amide bonds. The van der Waals surface area contributed by atoms with E-state index in [9.17, 15) is 24.6 Å². The standard InChI is InChI=1S/C24H25NO7/c1-3-12-10-16-20(22(28)25(21(16)27)23(29)31-2)17-11-19(32-24(12,17)30)15-8-9-18(26)14-7-5-4-6-13(14)15/h4-9,12,16-17,19-20,26,30H,3,10-11H2,1-2H3/t12-,16-,17-,19-,20-,24+/m0/s1. The van der Waals surface area contributed by atoms with Gasteiger partial charge in [0, 0.05) is 17.2 Å². The van der Waals surface area contributed by atoms with Gasteiger partial charge in [0.25, 0.3) is 0 Å². The third-order valence-electron chi connectivity index (χ3n) is 7.50. The fourth-order valence-corrected chi connectivity index (χ4v) is 6.00. The van der Waals surface area contributed by atoms with Crippen molar-refractivity contribution in [1.82, 2.24) is 4.90 Å². The van der Waals surface area contributed by atoms with Gasteiger partial charge in [0.05, 0.1) is 25.0 Å². The van der Waals surface area contributed by atoms with Gasteiger partial charge >= 0.3 is 6.09 Å². The summed E-state index contributed by atoms with van der Waals surface area (Å²) < 4.78 is 10.9. The Kier molecular flexibility index (Phi) is 4.76. The van der Waals surface area contributed by atoms with Crippen LogP contribution in [0.4, 0.5) is 4.79 Å². The van der Waals surface area contributed by atoms with Crippen LogP contribution in [0.25, 0.3) is 10.8 Å². The Labute approximate surface area is 184 Å². The minimum atomic E-state index is -1.60. The summed E-state index contributed by atoms with van der Waals surface area (Å²) >= 11 is 0. The molecule has 32 heavy (non-hydrogen) atoms. The van der Waals surface area contributed by atoms with Crippen molar-refractivity contribution in [1.29, 1.82) is 0 Å². The lowest BCUT2D eigenvalue weighted by atomic mass is 9.64. The van der Waals surface area contributed by atoms with Crippen LogP contribution in [0.15, 0.2) is 36.4 Å². The number of aliphatic hydroxyl groups is 1. The van der Waals surface area contributed by atoms with Crippen molar-refractivity contribution in [3.63, 3.8) is 0 Å². The smallest absolute Gasteiger partial charge is 0.423 e. The lowest BCUT2D eigenvalue weighted by Gasteiger charge is -2.44. The van der Waals surface area contributed by atoms with Crippen LogP contribution < -0.4 is 0 Å². The van der Waals surface area contributed by atoms with Crippen molar-refractivity contribution in [3.05, 3.63) is 42.0 Å². The van der Waals surface area contributed by atoms with Gasteiger partial charge in [0.2, 0.25) is 11.8 Å². The highest BCUT2D eigenvalue weighted by atomic mass is 16.6. The number of hydrogen-bond donors (Lipinski definition) is 2. The number of methoxy groups -OCH3 is 1. The van der Waals surface area contributed by atoms with Gasteiger partial charge in [-0.25, -0.2) is 4.79 Å². The fourth-order valence-electron chi connectivity index (χ4n) is 6.00. The number of imide groups is 3. The van der Waals surface area contributed by atoms with Crippen LogP contribution in [0.3, 0.4) is 0 Å². The lowest BCUT2D eigenvalue weighted by Crippen LogP contribution is -2.53. The van der Waals surface area contributed by atoms with E-state index in [0.29, 0.717) is 23.1 Å². The number of carbonyl (C=O) groups is 3. The third-order valence-corrected chi connectivity index (χ3v) is 7.50. The van der Waals surface area contributed by atoms with E-state index in [2.05, 4.69) is 4.74 Å². The molecular weight excluding hydrogens is 414 g/mol.